The zero-order valence-corrected chi connectivity index (χ0v) is 11.4. The van der Waals surface area contributed by atoms with E-state index in [2.05, 4.69) is 0 Å². The van der Waals surface area contributed by atoms with Crippen molar-refractivity contribution in [1.29, 1.82) is 0 Å². The van der Waals surface area contributed by atoms with Crippen molar-refractivity contribution >= 4 is 9.84 Å². The van der Waals surface area contributed by atoms with Gasteiger partial charge in [0.15, 0.2) is 9.84 Å². The maximum atomic E-state index is 11.7. The zero-order valence-electron chi connectivity index (χ0n) is 10.6. The van der Waals surface area contributed by atoms with Crippen LogP contribution in [0.25, 0.3) is 0 Å². The molecule has 2 N–H and O–H groups in total. The van der Waals surface area contributed by atoms with E-state index in [-0.39, 0.29) is 11.5 Å². The first-order valence-electron chi connectivity index (χ1n) is 5.21. The largest absolute Gasteiger partial charge is 0.330 e. The Labute approximate surface area is 94.0 Å². The average Bonchev–Trinajstić information content (AvgIpc) is 1.96. The summed E-state index contributed by atoms with van der Waals surface area (Å²) in [6.45, 7) is 4.35. The van der Waals surface area contributed by atoms with Crippen molar-refractivity contribution in [1.82, 2.24) is 0 Å². The molecule has 0 atom stereocenters. The van der Waals surface area contributed by atoms with Crippen LogP contribution in [0.15, 0.2) is 0 Å². The van der Waals surface area contributed by atoms with E-state index in [1.54, 1.807) is 0 Å². The summed E-state index contributed by atoms with van der Waals surface area (Å²) >= 11 is 0. The molecular weight excluding hydrogens is 212 g/mol. The van der Waals surface area contributed by atoms with Gasteiger partial charge in [-0.25, -0.2) is 8.42 Å². The Morgan fingerprint density at radius 2 is 1.60 bits per heavy atom. The Balaban J connectivity index is 4.11. The van der Waals surface area contributed by atoms with Gasteiger partial charge in [0.25, 0.3) is 0 Å². The van der Waals surface area contributed by atoms with Crippen LogP contribution in [-0.2, 0) is 9.84 Å². The van der Waals surface area contributed by atoms with Crippen molar-refractivity contribution < 1.29 is 12.9 Å². The fourth-order valence-corrected chi connectivity index (χ4v) is 2.80. The molecular formula is C10H25N2O2S+. The molecule has 0 bridgehead atoms. The highest BCUT2D eigenvalue weighted by Crippen LogP contribution is 2.07. The van der Waals surface area contributed by atoms with E-state index in [0.717, 1.165) is 0 Å². The Morgan fingerprint density at radius 1 is 1.13 bits per heavy atom. The summed E-state index contributed by atoms with van der Waals surface area (Å²) in [5.74, 6) is 0.434. The predicted molar refractivity (Wildman–Crippen MR) is 64.4 cm³/mol. The predicted octanol–water partition coefficient (Wildman–Crippen LogP) is 0.235. The molecule has 0 aromatic carbocycles. The van der Waals surface area contributed by atoms with Crippen LogP contribution in [0, 0.1) is 0 Å². The van der Waals surface area contributed by atoms with Crippen LogP contribution >= 0.6 is 0 Å². The van der Waals surface area contributed by atoms with Gasteiger partial charge in [-0.3, -0.25) is 0 Å². The van der Waals surface area contributed by atoms with E-state index in [9.17, 15) is 8.42 Å². The number of rotatable bonds is 6. The lowest BCUT2D eigenvalue weighted by Gasteiger charge is -2.24. The summed E-state index contributed by atoms with van der Waals surface area (Å²) in [5.41, 5.74) is 5.36. The first-order valence-corrected chi connectivity index (χ1v) is 7.03. The van der Waals surface area contributed by atoms with Gasteiger partial charge in [-0.15, -0.1) is 0 Å². The molecule has 0 spiro atoms. The van der Waals surface area contributed by atoms with E-state index in [1.165, 1.54) is 0 Å². The smallest absolute Gasteiger partial charge is 0.155 e. The third-order valence-electron chi connectivity index (χ3n) is 2.13. The molecule has 0 aromatic rings. The maximum Gasteiger partial charge on any atom is 0.155 e. The van der Waals surface area contributed by atoms with E-state index in [4.69, 9.17) is 5.73 Å². The summed E-state index contributed by atoms with van der Waals surface area (Å²) in [5, 5.41) is 0. The van der Waals surface area contributed by atoms with Crippen molar-refractivity contribution in [2.24, 2.45) is 5.73 Å². The van der Waals surface area contributed by atoms with Crippen LogP contribution in [0.5, 0.6) is 0 Å². The highest BCUT2D eigenvalue weighted by Gasteiger charge is 2.20. The lowest BCUT2D eigenvalue weighted by molar-refractivity contribution is -0.867. The second kappa shape index (κ2) is 4.80. The molecule has 0 aromatic heterocycles. The van der Waals surface area contributed by atoms with Gasteiger partial charge in [0.1, 0.15) is 0 Å². The number of hydrogen-bond donors (Lipinski definition) is 1. The summed E-state index contributed by atoms with van der Waals surface area (Å²) in [7, 11) is 3.02. The normalized spacial score (nSPS) is 14.3. The molecule has 0 saturated heterocycles. The minimum absolute atomic E-state index is 0.191. The minimum atomic E-state index is -2.94. The molecule has 0 aliphatic carbocycles. The number of sulfone groups is 1. The van der Waals surface area contributed by atoms with Crippen molar-refractivity contribution in [3.63, 3.8) is 0 Å². The van der Waals surface area contributed by atoms with Gasteiger partial charge >= 0.3 is 0 Å². The molecule has 0 rings (SSSR count). The topological polar surface area (TPSA) is 60.2 Å². The van der Waals surface area contributed by atoms with Gasteiger partial charge in [-0.05, 0) is 20.3 Å². The molecule has 0 radical (unpaired) electrons. The molecule has 5 heteroatoms. The SMILES string of the molecule is CC(C)(N)CCS(=O)(=O)CC[N+](C)(C)C. The van der Waals surface area contributed by atoms with Crippen molar-refractivity contribution in [2.45, 2.75) is 25.8 Å². The first-order chi connectivity index (χ1) is 6.41. The lowest BCUT2D eigenvalue weighted by atomic mass is 10.0. The molecule has 92 valence electrons. The molecule has 0 saturated carbocycles. The Bertz CT molecular complexity index is 260. The molecule has 0 amide bonds. The van der Waals surface area contributed by atoms with Crippen LogP contribution in [-0.4, -0.2) is 57.6 Å². The third-order valence-corrected chi connectivity index (χ3v) is 3.76. The molecule has 15 heavy (non-hydrogen) atoms. The fourth-order valence-electron chi connectivity index (χ4n) is 0.934. The monoisotopic (exact) mass is 237 g/mol. The van der Waals surface area contributed by atoms with Crippen LogP contribution in [0.4, 0.5) is 0 Å². The second-order valence-electron chi connectivity index (χ2n) is 5.90. The van der Waals surface area contributed by atoms with Gasteiger partial charge in [-0.1, -0.05) is 0 Å². The van der Waals surface area contributed by atoms with Crippen LogP contribution in [0.2, 0.25) is 0 Å². The number of quaternary nitrogens is 1. The zero-order chi connectivity index (χ0) is 12.3. The van der Waals surface area contributed by atoms with Crippen molar-refractivity contribution in [3.05, 3.63) is 0 Å². The summed E-state index contributed by atoms with van der Waals surface area (Å²) < 4.78 is 24.0. The highest BCUT2D eigenvalue weighted by molar-refractivity contribution is 7.91. The Kier molecular flexibility index (Phi) is 4.76. The molecule has 0 unspecified atom stereocenters. The number of hydrogen-bond acceptors (Lipinski definition) is 3. The molecule has 0 aliphatic heterocycles. The first kappa shape index (κ1) is 14.9. The maximum absolute atomic E-state index is 11.7. The van der Waals surface area contributed by atoms with Gasteiger partial charge in [-0.2, -0.15) is 0 Å². The summed E-state index contributed by atoms with van der Waals surface area (Å²) in [6.07, 6.45) is 0.520. The van der Waals surface area contributed by atoms with Crippen molar-refractivity contribution in [3.8, 4) is 0 Å². The van der Waals surface area contributed by atoms with E-state index < -0.39 is 15.4 Å². The van der Waals surface area contributed by atoms with Crippen LogP contribution in [0.3, 0.4) is 0 Å². The third kappa shape index (κ3) is 10.2. The molecule has 0 heterocycles. The van der Waals surface area contributed by atoms with E-state index in [1.807, 2.05) is 35.0 Å². The Hall–Kier alpha value is -0.130. The van der Waals surface area contributed by atoms with Gasteiger partial charge in [0.05, 0.1) is 39.2 Å². The molecule has 0 aliphatic rings. The van der Waals surface area contributed by atoms with E-state index >= 15 is 0 Å². The van der Waals surface area contributed by atoms with Gasteiger partial charge in [0.2, 0.25) is 0 Å². The number of nitrogens with two attached hydrogens (primary N) is 1. The van der Waals surface area contributed by atoms with Gasteiger partial charge in [0, 0.05) is 5.54 Å². The fraction of sp³-hybridized carbons (Fsp3) is 1.00. The Morgan fingerprint density at radius 3 is 1.93 bits per heavy atom. The quantitative estimate of drug-likeness (QED) is 0.673. The molecule has 0 fully saturated rings. The second-order valence-corrected chi connectivity index (χ2v) is 8.21. The van der Waals surface area contributed by atoms with Crippen molar-refractivity contribution in [2.75, 3.05) is 39.2 Å². The van der Waals surface area contributed by atoms with Crippen LogP contribution < -0.4 is 5.73 Å². The number of nitrogens with zero attached hydrogens (tertiary/aromatic N) is 1. The standard InChI is InChI=1S/C10H25N2O2S/c1-10(2,11)6-8-15(13,14)9-7-12(3,4)5/h6-9,11H2,1-5H3/q+1. The average molecular weight is 237 g/mol. The van der Waals surface area contributed by atoms with E-state index in [0.29, 0.717) is 17.4 Å². The summed E-state index contributed by atoms with van der Waals surface area (Å²) in [4.78, 5) is 0. The lowest BCUT2D eigenvalue weighted by Crippen LogP contribution is -2.40. The van der Waals surface area contributed by atoms with Crippen LogP contribution in [0.1, 0.15) is 20.3 Å². The summed E-state index contributed by atoms with van der Waals surface area (Å²) in [6, 6.07) is 0. The molecule has 4 nitrogen and oxygen atoms in total. The highest BCUT2D eigenvalue weighted by atomic mass is 32.2. The minimum Gasteiger partial charge on any atom is -0.330 e. The van der Waals surface area contributed by atoms with Gasteiger partial charge < -0.3 is 10.2 Å².